The lowest BCUT2D eigenvalue weighted by molar-refractivity contribution is -0.136. The van der Waals surface area contributed by atoms with Gasteiger partial charge in [-0.2, -0.15) is 0 Å². The summed E-state index contributed by atoms with van der Waals surface area (Å²) < 4.78 is 0. The van der Waals surface area contributed by atoms with Crippen molar-refractivity contribution in [2.75, 3.05) is 18.1 Å². The fourth-order valence-corrected chi connectivity index (χ4v) is 15.6. The Balaban J connectivity index is 1.10. The highest BCUT2D eigenvalue weighted by atomic mass is 33.1. The number of benzene rings is 4. The Morgan fingerprint density at radius 3 is 1.51 bits per heavy atom. The molecule has 18 N–H and O–H groups in total. The van der Waals surface area contributed by atoms with Gasteiger partial charge in [0.2, 0.25) is 41.4 Å². The lowest BCUT2D eigenvalue weighted by atomic mass is 9.82. The van der Waals surface area contributed by atoms with Gasteiger partial charge in [0.15, 0.2) is 11.7 Å². The van der Waals surface area contributed by atoms with E-state index < -0.39 is 138 Å². The fraction of sp³-hybridized carbons (Fsp3) is 0.378. The molecule has 546 valence electrons. The molecule has 0 spiro atoms. The second kappa shape index (κ2) is 37.3. The molecule has 6 heterocycles. The number of hydrogen-bond acceptors (Lipinski definition) is 16. The van der Waals surface area contributed by atoms with Crippen LogP contribution in [0.2, 0.25) is 0 Å². The summed E-state index contributed by atoms with van der Waals surface area (Å²) in [4.78, 5) is 175. The number of aromatic amines is 4. The number of nitrogens with one attached hydrogen (secondary N) is 14. The van der Waals surface area contributed by atoms with Crippen LogP contribution >= 0.6 is 21.6 Å². The number of rotatable bonds is 21. The smallest absolute Gasteiger partial charge is 0.244 e. The first-order valence-electron chi connectivity index (χ1n) is 34.8. The molecule has 0 saturated carbocycles. The van der Waals surface area contributed by atoms with E-state index in [1.54, 1.807) is 79.3 Å². The average molecular weight is 1450 g/mol. The third kappa shape index (κ3) is 21.8. The maximum absolute atomic E-state index is 15.7. The number of nitrogens with two attached hydrogens (primary N) is 2. The van der Waals surface area contributed by atoms with Crippen molar-refractivity contribution in [3.8, 4) is 0 Å². The van der Waals surface area contributed by atoms with Gasteiger partial charge in [-0.3, -0.25) is 58.8 Å². The normalized spacial score (nSPS) is 22.8. The number of para-hydroxylation sites is 2. The van der Waals surface area contributed by atoms with Gasteiger partial charge in [0.05, 0.1) is 41.8 Å². The van der Waals surface area contributed by atoms with E-state index in [9.17, 15) is 0 Å². The molecule has 30 heteroatoms. The first kappa shape index (κ1) is 75.8. The zero-order chi connectivity index (χ0) is 73.5. The standard InChI is InChI=1S/C74H88N18O10S2/c75-66(76)24-12-11-22-57-68(97)90-60(30-48-36-83-55-21-10-8-19-53(48)55)71(100)92-62-40-104-103-39-49(64(94)32-46(29-50-37-79-41-84-50)67(96)88-58(70(99)87-57)26-43-14-3-1-4-15-43)33-63(93)45(28-47-35-82-54-20-9-7-18-52(47)54)31-65(95)56(23-13-25-81-74(77)78)86-69(98)59(27-44-16-5-2-6-17-44)89-72(101)61(91-73(62)102)34-51-38-80-42-85-51/h1-10,14-21,35-38,41-42,45-46,49,56-62,82-83H,11-13,22-34,39-40H2,(H3,75,76)(H,79,84)(H,80,85)(H,86,98)(H,87,99)(H,88,96)(H,89,101)(H,90,97)(H,91,102)(H,92,100)(H4,77,78,81)/t45-,46-,49+,56+,57+,58-,59-,60+,61+,62+/m1/s1. The zero-order valence-electron chi connectivity index (χ0n) is 57.3. The van der Waals surface area contributed by atoms with Crippen molar-refractivity contribution in [3.05, 3.63) is 180 Å². The van der Waals surface area contributed by atoms with E-state index in [0.717, 1.165) is 43.4 Å². The zero-order valence-corrected chi connectivity index (χ0v) is 58.9. The molecule has 104 heavy (non-hydrogen) atoms. The Kier molecular flexibility index (Phi) is 27.2. The molecule has 7 amide bonds. The fourth-order valence-electron chi connectivity index (χ4n) is 13.0. The number of amides is 7. The average Bonchev–Trinajstić information content (AvgIpc) is 1.23. The molecule has 2 aliphatic heterocycles. The van der Waals surface area contributed by atoms with Gasteiger partial charge in [-0.15, -0.1) is 0 Å². The Labute approximate surface area is 608 Å². The minimum atomic E-state index is -1.54. The number of Topliss-reactive ketones (excluding diaryl/α,β-unsaturated/α-hetero) is 3. The number of guanidine groups is 1. The van der Waals surface area contributed by atoms with Crippen molar-refractivity contribution >= 4 is 114 Å². The molecule has 2 bridgehead atoms. The van der Waals surface area contributed by atoms with Gasteiger partial charge < -0.3 is 73.9 Å². The van der Waals surface area contributed by atoms with Gasteiger partial charge in [0, 0.05) is 134 Å². The molecule has 0 radical (unpaired) electrons. The van der Waals surface area contributed by atoms with Crippen LogP contribution < -0.4 is 54.0 Å². The van der Waals surface area contributed by atoms with Gasteiger partial charge in [-0.05, 0) is 66.5 Å². The lowest BCUT2D eigenvalue weighted by Crippen LogP contribution is -2.61. The van der Waals surface area contributed by atoms with Crippen molar-refractivity contribution in [1.82, 2.24) is 72.4 Å². The molecule has 2 fully saturated rings. The van der Waals surface area contributed by atoms with Crippen molar-refractivity contribution in [3.63, 3.8) is 0 Å². The third-order valence-electron chi connectivity index (χ3n) is 18.7. The minimum Gasteiger partial charge on any atom is -0.388 e. The van der Waals surface area contributed by atoms with Crippen LogP contribution in [-0.2, 0) is 86.5 Å². The largest absolute Gasteiger partial charge is 0.388 e. The number of hydrogen-bond donors (Lipinski definition) is 16. The lowest BCUT2D eigenvalue weighted by Gasteiger charge is -2.29. The van der Waals surface area contributed by atoms with Crippen LogP contribution in [0.1, 0.15) is 91.4 Å². The number of fused-ring (bicyclic) bond motifs is 7. The maximum atomic E-state index is 15.7. The van der Waals surface area contributed by atoms with E-state index in [-0.39, 0.29) is 100 Å². The Morgan fingerprint density at radius 2 is 0.923 bits per heavy atom. The summed E-state index contributed by atoms with van der Waals surface area (Å²) in [5.74, 6) is -11.6. The molecule has 10 atom stereocenters. The highest BCUT2D eigenvalue weighted by Gasteiger charge is 2.39. The summed E-state index contributed by atoms with van der Waals surface area (Å²) in [6.07, 6.45) is 8.18. The van der Waals surface area contributed by atoms with Gasteiger partial charge in [0.25, 0.3) is 0 Å². The predicted octanol–water partition coefficient (Wildman–Crippen LogP) is 4.14. The Bertz CT molecular complexity index is 4030. The van der Waals surface area contributed by atoms with Crippen LogP contribution in [0.25, 0.3) is 21.8 Å². The quantitative estimate of drug-likeness (QED) is 0.0208. The molecule has 2 saturated heterocycles. The number of carbonyl (C=O) groups excluding carboxylic acids is 10. The molecular formula is C74H88N18O10S2. The van der Waals surface area contributed by atoms with Gasteiger partial charge in [-0.1, -0.05) is 125 Å². The van der Waals surface area contributed by atoms with Crippen LogP contribution in [-0.4, -0.2) is 161 Å². The predicted molar refractivity (Wildman–Crippen MR) is 396 cm³/mol. The number of aromatic nitrogens is 6. The topological polar surface area (TPSA) is 456 Å². The van der Waals surface area contributed by atoms with Crippen molar-refractivity contribution in [2.45, 2.75) is 139 Å². The van der Waals surface area contributed by atoms with E-state index in [2.05, 4.69) is 72.4 Å². The van der Waals surface area contributed by atoms with Crippen LogP contribution in [0.5, 0.6) is 0 Å². The second-order valence-corrected chi connectivity index (χ2v) is 28.9. The first-order valence-corrected chi connectivity index (χ1v) is 37.3. The summed E-state index contributed by atoms with van der Waals surface area (Å²) in [5.41, 5.74) is 16.2. The SMILES string of the molecule is N=C(N)CCCC[C@@H]1NC(=O)[C@@H](Cc2ccccc2)NC(=O)[C@H](Cc2c[nH]cn2)CC(=O)[C@@H]2CSSC[C@H](NC(=O)[C@H](Cc3c[nH]c4ccccc34)NC1=O)C(=O)N[C@@H](Cc1c[nH]cn1)C(=O)N[C@H](Cc1ccccc1)C(=O)N[C@@H](CCCNC(=N)N)C(=O)C[C@@H](Cc1c[nH]c3ccccc13)C(=O)C2. The van der Waals surface area contributed by atoms with Gasteiger partial charge in [0.1, 0.15) is 47.8 Å². The first-order chi connectivity index (χ1) is 50.3. The summed E-state index contributed by atoms with van der Waals surface area (Å²) in [6, 6.07) is 22.4. The third-order valence-corrected chi connectivity index (χ3v) is 21.2. The molecule has 10 rings (SSSR count). The van der Waals surface area contributed by atoms with Crippen LogP contribution in [0.4, 0.5) is 0 Å². The number of H-pyrrole nitrogens is 4. The summed E-state index contributed by atoms with van der Waals surface area (Å²) in [6.45, 7) is 0.121. The van der Waals surface area contributed by atoms with Crippen molar-refractivity contribution < 1.29 is 47.9 Å². The minimum absolute atomic E-state index is 0.000596. The number of nitrogens with zero attached hydrogens (tertiary/aromatic N) is 2. The molecule has 4 aromatic carbocycles. The van der Waals surface area contributed by atoms with Crippen LogP contribution in [0.15, 0.2) is 147 Å². The van der Waals surface area contributed by atoms with E-state index in [4.69, 9.17) is 22.3 Å². The monoisotopic (exact) mass is 1450 g/mol. The number of imidazole rings is 2. The van der Waals surface area contributed by atoms with Gasteiger partial charge in [-0.25, -0.2) is 9.97 Å². The van der Waals surface area contributed by atoms with Crippen LogP contribution in [0, 0.1) is 28.6 Å². The molecule has 28 nitrogen and oxygen atoms in total. The maximum Gasteiger partial charge on any atom is 0.244 e. The highest BCUT2D eigenvalue weighted by Crippen LogP contribution is 2.32. The number of amidine groups is 1. The van der Waals surface area contributed by atoms with Gasteiger partial charge >= 0.3 is 0 Å². The summed E-state index contributed by atoms with van der Waals surface area (Å²) >= 11 is 0. The Hall–Kier alpha value is -10.9. The molecule has 2 aliphatic rings. The molecule has 0 aliphatic carbocycles. The Morgan fingerprint density at radius 1 is 0.442 bits per heavy atom. The molecule has 0 unspecified atom stereocenters. The van der Waals surface area contributed by atoms with Crippen molar-refractivity contribution in [1.29, 1.82) is 10.8 Å². The second-order valence-electron chi connectivity index (χ2n) is 26.4. The highest BCUT2D eigenvalue weighted by molar-refractivity contribution is 8.76. The van der Waals surface area contributed by atoms with E-state index in [0.29, 0.717) is 40.1 Å². The number of carbonyl (C=O) groups is 10. The molecule has 8 aromatic rings. The molecule has 4 aromatic heterocycles. The van der Waals surface area contributed by atoms with E-state index in [1.165, 1.54) is 18.9 Å². The number of ketones is 3. The van der Waals surface area contributed by atoms with E-state index in [1.807, 2.05) is 48.5 Å². The molecular weight excluding hydrogens is 1370 g/mol. The van der Waals surface area contributed by atoms with Crippen LogP contribution in [0.3, 0.4) is 0 Å². The summed E-state index contributed by atoms with van der Waals surface area (Å²) in [5, 5.41) is 40.2. The van der Waals surface area contributed by atoms with Crippen molar-refractivity contribution in [2.24, 2.45) is 29.2 Å². The van der Waals surface area contributed by atoms with E-state index >= 15 is 47.9 Å². The number of unbranched alkanes of at least 4 members (excludes halogenated alkanes) is 1. The summed E-state index contributed by atoms with van der Waals surface area (Å²) in [7, 11) is 2.18.